The predicted octanol–water partition coefficient (Wildman–Crippen LogP) is 0.0978. The van der Waals surface area contributed by atoms with Crippen LogP contribution in [0.25, 0.3) is 0 Å². The van der Waals surface area contributed by atoms with E-state index in [1.807, 2.05) is 6.92 Å². The number of rotatable bonds is 2. The fourth-order valence-corrected chi connectivity index (χ4v) is 3.29. The number of phenols is 1. The summed E-state index contributed by atoms with van der Waals surface area (Å²) in [6.45, 7) is 4.99. The largest absolute Gasteiger partial charge is 0.507 e. The van der Waals surface area contributed by atoms with Gasteiger partial charge in [-0.1, -0.05) is 13.0 Å². The van der Waals surface area contributed by atoms with Gasteiger partial charge in [-0.05, 0) is 24.1 Å². The zero-order valence-electron chi connectivity index (χ0n) is 15.5. The molecule has 8 nitrogen and oxygen atoms in total. The Balaban J connectivity index is 1.59. The monoisotopic (exact) mass is 375 g/mol. The molecule has 146 valence electrons. The normalized spacial score (nSPS) is 17.7. The summed E-state index contributed by atoms with van der Waals surface area (Å²) < 4.78 is 5.20. The van der Waals surface area contributed by atoms with Crippen LogP contribution in [-0.4, -0.2) is 90.0 Å². The van der Waals surface area contributed by atoms with E-state index in [9.17, 15) is 19.5 Å². The first-order valence-corrected chi connectivity index (χ1v) is 9.28. The van der Waals surface area contributed by atoms with Gasteiger partial charge in [-0.15, -0.1) is 0 Å². The van der Waals surface area contributed by atoms with Crippen molar-refractivity contribution in [3.8, 4) is 5.75 Å². The highest BCUT2D eigenvalue weighted by Gasteiger charge is 2.32. The van der Waals surface area contributed by atoms with Crippen molar-refractivity contribution in [3.05, 3.63) is 29.3 Å². The van der Waals surface area contributed by atoms with E-state index in [-0.39, 0.29) is 17.2 Å². The lowest BCUT2D eigenvalue weighted by atomic mass is 10.1. The van der Waals surface area contributed by atoms with Crippen LogP contribution in [0.3, 0.4) is 0 Å². The molecule has 0 aromatic heterocycles. The van der Waals surface area contributed by atoms with Gasteiger partial charge in [0.15, 0.2) is 0 Å². The molecule has 0 spiro atoms. The molecule has 8 heteroatoms. The van der Waals surface area contributed by atoms with Crippen LogP contribution in [0.15, 0.2) is 18.2 Å². The Morgan fingerprint density at radius 2 is 1.48 bits per heavy atom. The smallest absolute Gasteiger partial charge is 0.312 e. The SMILES string of the molecule is CCc1ccc(O)c(C(=O)N2CCN(C(=O)C(=O)N3CCOCC3)CC2)c1. The van der Waals surface area contributed by atoms with E-state index in [4.69, 9.17) is 4.74 Å². The minimum atomic E-state index is -0.528. The first-order valence-electron chi connectivity index (χ1n) is 9.28. The van der Waals surface area contributed by atoms with Crippen LogP contribution < -0.4 is 0 Å². The number of amides is 3. The molecule has 3 rings (SSSR count). The zero-order chi connectivity index (χ0) is 19.4. The topological polar surface area (TPSA) is 90.4 Å². The molecule has 2 fully saturated rings. The average Bonchev–Trinajstić information content (AvgIpc) is 2.73. The number of nitrogens with zero attached hydrogens (tertiary/aromatic N) is 3. The second-order valence-electron chi connectivity index (χ2n) is 6.69. The van der Waals surface area contributed by atoms with E-state index in [0.717, 1.165) is 12.0 Å². The Morgan fingerprint density at radius 3 is 2.07 bits per heavy atom. The van der Waals surface area contributed by atoms with Gasteiger partial charge in [-0.3, -0.25) is 14.4 Å². The van der Waals surface area contributed by atoms with Crippen molar-refractivity contribution in [1.29, 1.82) is 0 Å². The van der Waals surface area contributed by atoms with Crippen LogP contribution >= 0.6 is 0 Å². The van der Waals surface area contributed by atoms with E-state index in [1.165, 1.54) is 15.9 Å². The zero-order valence-corrected chi connectivity index (χ0v) is 15.5. The lowest BCUT2D eigenvalue weighted by Gasteiger charge is -2.36. The Bertz CT molecular complexity index is 722. The molecule has 0 saturated carbocycles. The Labute approximate surface area is 158 Å². The molecule has 0 atom stereocenters. The second kappa shape index (κ2) is 8.39. The average molecular weight is 375 g/mol. The third kappa shape index (κ3) is 4.21. The molecule has 2 aliphatic rings. The van der Waals surface area contributed by atoms with Crippen molar-refractivity contribution in [2.45, 2.75) is 13.3 Å². The molecule has 27 heavy (non-hydrogen) atoms. The summed E-state index contributed by atoms with van der Waals surface area (Å²) in [4.78, 5) is 42.1. The number of benzene rings is 1. The fourth-order valence-electron chi connectivity index (χ4n) is 3.29. The van der Waals surface area contributed by atoms with Gasteiger partial charge >= 0.3 is 11.8 Å². The van der Waals surface area contributed by atoms with Gasteiger partial charge in [0.05, 0.1) is 18.8 Å². The highest BCUT2D eigenvalue weighted by atomic mass is 16.5. The summed E-state index contributed by atoms with van der Waals surface area (Å²) in [6, 6.07) is 5.03. The highest BCUT2D eigenvalue weighted by molar-refractivity contribution is 6.34. The van der Waals surface area contributed by atoms with Crippen molar-refractivity contribution in [1.82, 2.24) is 14.7 Å². The summed E-state index contributed by atoms with van der Waals surface area (Å²) in [5.41, 5.74) is 1.25. The lowest BCUT2D eigenvalue weighted by molar-refractivity contribution is -0.154. The van der Waals surface area contributed by atoms with Crippen LogP contribution in [0.1, 0.15) is 22.8 Å². The number of carbonyl (C=O) groups excluding carboxylic acids is 3. The first-order chi connectivity index (χ1) is 13.0. The molecule has 0 radical (unpaired) electrons. The second-order valence-corrected chi connectivity index (χ2v) is 6.69. The number of hydrogen-bond donors (Lipinski definition) is 1. The summed E-state index contributed by atoms with van der Waals surface area (Å²) >= 11 is 0. The van der Waals surface area contributed by atoms with E-state index in [1.54, 1.807) is 17.0 Å². The Morgan fingerprint density at radius 1 is 0.926 bits per heavy atom. The van der Waals surface area contributed by atoms with Crippen molar-refractivity contribution in [3.63, 3.8) is 0 Å². The summed E-state index contributed by atoms with van der Waals surface area (Å²) in [7, 11) is 0. The third-order valence-corrected chi connectivity index (χ3v) is 5.03. The third-order valence-electron chi connectivity index (χ3n) is 5.03. The molecule has 0 aliphatic carbocycles. The number of phenolic OH excluding ortho intramolecular Hbond substituents is 1. The van der Waals surface area contributed by atoms with Crippen LogP contribution in [0.2, 0.25) is 0 Å². The summed E-state index contributed by atoms with van der Waals surface area (Å²) in [6.07, 6.45) is 0.770. The summed E-state index contributed by atoms with van der Waals surface area (Å²) in [5, 5.41) is 10.0. The predicted molar refractivity (Wildman–Crippen MR) is 97.4 cm³/mol. The molecule has 2 aliphatic heterocycles. The van der Waals surface area contributed by atoms with Gasteiger partial charge in [-0.25, -0.2) is 0 Å². The van der Waals surface area contributed by atoms with Crippen molar-refractivity contribution in [2.24, 2.45) is 0 Å². The standard InChI is InChI=1S/C19H25N3O5/c1-2-14-3-4-16(23)15(13-14)17(24)20-5-7-21(8-6-20)18(25)19(26)22-9-11-27-12-10-22/h3-4,13,23H,2,5-12H2,1H3. The number of carbonyl (C=O) groups is 3. The maximum atomic E-state index is 12.7. The van der Waals surface area contributed by atoms with Crippen LogP contribution in [0.5, 0.6) is 5.75 Å². The molecule has 2 saturated heterocycles. The maximum absolute atomic E-state index is 12.7. The summed E-state index contributed by atoms with van der Waals surface area (Å²) in [5.74, 6) is -1.33. The first kappa shape index (κ1) is 19.2. The molecule has 3 amide bonds. The Hall–Kier alpha value is -2.61. The van der Waals surface area contributed by atoms with Crippen LogP contribution in [0, 0.1) is 0 Å². The molecule has 1 N–H and O–H groups in total. The number of hydrogen-bond acceptors (Lipinski definition) is 5. The van der Waals surface area contributed by atoms with Crippen molar-refractivity contribution in [2.75, 3.05) is 52.5 Å². The van der Waals surface area contributed by atoms with E-state index < -0.39 is 11.8 Å². The number of aryl methyl sites for hydroxylation is 1. The Kier molecular flexibility index (Phi) is 5.95. The maximum Gasteiger partial charge on any atom is 0.312 e. The number of aromatic hydroxyl groups is 1. The molecular weight excluding hydrogens is 350 g/mol. The van der Waals surface area contributed by atoms with E-state index >= 15 is 0 Å². The minimum Gasteiger partial charge on any atom is -0.507 e. The quantitative estimate of drug-likeness (QED) is 0.741. The number of piperazine rings is 1. The molecule has 2 heterocycles. The number of morpholine rings is 1. The van der Waals surface area contributed by atoms with E-state index in [0.29, 0.717) is 52.5 Å². The molecule has 1 aromatic carbocycles. The molecule has 0 bridgehead atoms. The number of ether oxygens (including phenoxy) is 1. The lowest BCUT2D eigenvalue weighted by Crippen LogP contribution is -2.55. The van der Waals surface area contributed by atoms with Crippen molar-refractivity contribution < 1.29 is 24.2 Å². The van der Waals surface area contributed by atoms with Crippen LogP contribution in [-0.2, 0) is 20.7 Å². The van der Waals surface area contributed by atoms with Gasteiger partial charge in [-0.2, -0.15) is 0 Å². The molecule has 1 aromatic rings. The molecular formula is C19H25N3O5. The van der Waals surface area contributed by atoms with Gasteiger partial charge < -0.3 is 24.5 Å². The van der Waals surface area contributed by atoms with Gasteiger partial charge in [0.25, 0.3) is 5.91 Å². The van der Waals surface area contributed by atoms with Crippen molar-refractivity contribution >= 4 is 17.7 Å². The van der Waals surface area contributed by atoms with Gasteiger partial charge in [0.1, 0.15) is 5.75 Å². The van der Waals surface area contributed by atoms with Gasteiger partial charge in [0.2, 0.25) is 0 Å². The van der Waals surface area contributed by atoms with Gasteiger partial charge in [0, 0.05) is 39.3 Å². The highest BCUT2D eigenvalue weighted by Crippen LogP contribution is 2.21. The minimum absolute atomic E-state index is 0.0433. The molecule has 0 unspecified atom stereocenters. The van der Waals surface area contributed by atoms with Crippen LogP contribution in [0.4, 0.5) is 0 Å². The van der Waals surface area contributed by atoms with E-state index in [2.05, 4.69) is 0 Å². The fraction of sp³-hybridized carbons (Fsp3) is 0.526.